The van der Waals surface area contributed by atoms with Crippen LogP contribution >= 0.6 is 24.8 Å². The van der Waals surface area contributed by atoms with Gasteiger partial charge in [-0.15, -0.1) is 24.8 Å². The van der Waals surface area contributed by atoms with Gasteiger partial charge in [-0.3, -0.25) is 4.79 Å². The fraction of sp³-hybridized carbons (Fsp3) is 0.300. The highest BCUT2D eigenvalue weighted by Crippen LogP contribution is 2.16. The molecule has 1 aromatic heterocycles. The van der Waals surface area contributed by atoms with Crippen LogP contribution in [0.15, 0.2) is 48.5 Å². The molecule has 0 aliphatic rings. The van der Waals surface area contributed by atoms with Crippen LogP contribution in [0.4, 0.5) is 5.69 Å². The number of anilines is 1. The van der Waals surface area contributed by atoms with Crippen molar-refractivity contribution in [3.63, 3.8) is 0 Å². The molecule has 0 saturated carbocycles. The van der Waals surface area contributed by atoms with Crippen LogP contribution in [-0.4, -0.2) is 22.0 Å². The Labute approximate surface area is 172 Å². The number of imidazole rings is 1. The molecule has 3 rings (SSSR count). The predicted molar refractivity (Wildman–Crippen MR) is 116 cm³/mol. The molecule has 146 valence electrons. The number of benzene rings is 2. The number of nitrogens with two attached hydrogens (primary N) is 1. The minimum atomic E-state index is 0. The maximum Gasteiger partial charge on any atom is 0.220 e. The van der Waals surface area contributed by atoms with Gasteiger partial charge in [-0.05, 0) is 37.1 Å². The molecule has 0 fully saturated rings. The van der Waals surface area contributed by atoms with Gasteiger partial charge in [0.05, 0.1) is 11.0 Å². The lowest BCUT2D eigenvalue weighted by Crippen LogP contribution is -2.26. The molecule has 0 atom stereocenters. The Hall–Kier alpha value is -2.24. The summed E-state index contributed by atoms with van der Waals surface area (Å²) in [5, 5.41) is 2.98. The Morgan fingerprint density at radius 1 is 1.07 bits per heavy atom. The first kappa shape index (κ1) is 22.8. The standard InChI is InChI=1S/C20H24N4O.2ClH/c1-2-24-18-10-6-5-9-17(18)23-19(24)13-14-22-20(25)12-11-15-7-3-4-8-16(15)21;;/h3-10H,2,11-14,21H2,1H3,(H,22,25);2*1H. The van der Waals surface area contributed by atoms with Crippen LogP contribution in [0.2, 0.25) is 0 Å². The van der Waals surface area contributed by atoms with Gasteiger partial charge in [-0.2, -0.15) is 0 Å². The lowest BCUT2D eigenvalue weighted by Gasteiger charge is -2.08. The first-order valence-electron chi connectivity index (χ1n) is 8.73. The van der Waals surface area contributed by atoms with Gasteiger partial charge in [-0.25, -0.2) is 4.98 Å². The van der Waals surface area contributed by atoms with Crippen LogP contribution in [0.3, 0.4) is 0 Å². The number of halogens is 2. The van der Waals surface area contributed by atoms with E-state index in [9.17, 15) is 4.79 Å². The largest absolute Gasteiger partial charge is 0.399 e. The number of aryl methyl sites for hydroxylation is 2. The number of nitrogens with zero attached hydrogens (tertiary/aromatic N) is 2. The number of nitrogen functional groups attached to an aromatic ring is 1. The van der Waals surface area contributed by atoms with E-state index in [1.54, 1.807) is 0 Å². The average molecular weight is 409 g/mol. The molecule has 0 bridgehead atoms. The van der Waals surface area contributed by atoms with Crippen LogP contribution in [0.1, 0.15) is 24.7 Å². The molecule has 0 saturated heterocycles. The summed E-state index contributed by atoms with van der Waals surface area (Å²) in [6.45, 7) is 3.57. The van der Waals surface area contributed by atoms with Crippen molar-refractivity contribution in [1.29, 1.82) is 0 Å². The Morgan fingerprint density at radius 2 is 1.78 bits per heavy atom. The molecule has 0 unspecified atom stereocenters. The van der Waals surface area contributed by atoms with E-state index >= 15 is 0 Å². The van der Waals surface area contributed by atoms with E-state index < -0.39 is 0 Å². The van der Waals surface area contributed by atoms with E-state index in [0.29, 0.717) is 19.4 Å². The number of nitrogens with one attached hydrogen (secondary N) is 1. The molecule has 0 radical (unpaired) electrons. The number of amides is 1. The summed E-state index contributed by atoms with van der Waals surface area (Å²) in [6.07, 6.45) is 1.83. The molecule has 5 nitrogen and oxygen atoms in total. The van der Waals surface area contributed by atoms with E-state index in [2.05, 4.69) is 27.9 Å². The molecule has 7 heteroatoms. The van der Waals surface area contributed by atoms with Crippen molar-refractivity contribution >= 4 is 47.4 Å². The summed E-state index contributed by atoms with van der Waals surface area (Å²) in [5.74, 6) is 1.05. The molecule has 0 aliphatic carbocycles. The summed E-state index contributed by atoms with van der Waals surface area (Å²) in [5.41, 5.74) is 9.82. The third kappa shape index (κ3) is 5.62. The average Bonchev–Trinajstić information content (AvgIpc) is 2.98. The second kappa shape index (κ2) is 10.8. The second-order valence-electron chi connectivity index (χ2n) is 6.06. The van der Waals surface area contributed by atoms with Gasteiger partial charge in [0.2, 0.25) is 5.91 Å². The van der Waals surface area contributed by atoms with Crippen LogP contribution in [0, 0.1) is 0 Å². The highest BCUT2D eigenvalue weighted by molar-refractivity contribution is 5.85. The van der Waals surface area contributed by atoms with Crippen molar-refractivity contribution in [2.24, 2.45) is 0 Å². The SMILES string of the molecule is CCn1c(CCNC(=O)CCc2ccccc2N)nc2ccccc21.Cl.Cl. The highest BCUT2D eigenvalue weighted by atomic mass is 35.5. The summed E-state index contributed by atoms with van der Waals surface area (Å²) in [6, 6.07) is 15.8. The normalized spacial score (nSPS) is 10.1. The van der Waals surface area contributed by atoms with Crippen molar-refractivity contribution in [2.75, 3.05) is 12.3 Å². The van der Waals surface area contributed by atoms with E-state index in [0.717, 1.165) is 41.1 Å². The first-order valence-corrected chi connectivity index (χ1v) is 8.73. The minimum Gasteiger partial charge on any atom is -0.399 e. The van der Waals surface area contributed by atoms with Crippen LogP contribution in [0.25, 0.3) is 11.0 Å². The third-order valence-corrected chi connectivity index (χ3v) is 4.40. The topological polar surface area (TPSA) is 72.9 Å². The minimum absolute atomic E-state index is 0. The third-order valence-electron chi connectivity index (χ3n) is 4.40. The van der Waals surface area contributed by atoms with Gasteiger partial charge in [0.15, 0.2) is 0 Å². The molecular weight excluding hydrogens is 383 g/mol. The zero-order valence-corrected chi connectivity index (χ0v) is 17.0. The van der Waals surface area contributed by atoms with E-state index in [4.69, 9.17) is 5.73 Å². The second-order valence-corrected chi connectivity index (χ2v) is 6.06. The Kier molecular flexibility index (Phi) is 9.12. The molecule has 3 N–H and O–H groups in total. The monoisotopic (exact) mass is 408 g/mol. The number of aromatic nitrogens is 2. The van der Waals surface area contributed by atoms with Gasteiger partial charge in [0, 0.05) is 31.6 Å². The molecule has 3 aromatic rings. The molecule has 2 aromatic carbocycles. The van der Waals surface area contributed by atoms with E-state index in [1.807, 2.05) is 42.5 Å². The zero-order chi connectivity index (χ0) is 17.6. The van der Waals surface area contributed by atoms with Gasteiger partial charge in [0.25, 0.3) is 0 Å². The van der Waals surface area contributed by atoms with Crippen LogP contribution < -0.4 is 11.1 Å². The summed E-state index contributed by atoms with van der Waals surface area (Å²) in [7, 11) is 0. The number of carbonyl (C=O) groups excluding carboxylic acids is 1. The Bertz CT molecular complexity index is 879. The summed E-state index contributed by atoms with van der Waals surface area (Å²) < 4.78 is 2.20. The molecule has 0 spiro atoms. The van der Waals surface area contributed by atoms with Crippen molar-refractivity contribution in [1.82, 2.24) is 14.9 Å². The van der Waals surface area contributed by atoms with Crippen molar-refractivity contribution in [3.8, 4) is 0 Å². The lowest BCUT2D eigenvalue weighted by atomic mass is 10.1. The molecular formula is C20H26Cl2N4O. The van der Waals surface area contributed by atoms with Gasteiger partial charge >= 0.3 is 0 Å². The van der Waals surface area contributed by atoms with Crippen molar-refractivity contribution in [2.45, 2.75) is 32.7 Å². The van der Waals surface area contributed by atoms with Crippen LogP contribution in [-0.2, 0) is 24.2 Å². The Balaban J connectivity index is 0.00000182. The molecule has 1 heterocycles. The molecule has 27 heavy (non-hydrogen) atoms. The molecule has 1 amide bonds. The predicted octanol–water partition coefficient (Wildman–Crippen LogP) is 3.77. The number of carbonyl (C=O) groups is 1. The maximum atomic E-state index is 12.1. The van der Waals surface area contributed by atoms with Crippen LogP contribution in [0.5, 0.6) is 0 Å². The smallest absolute Gasteiger partial charge is 0.220 e. The Morgan fingerprint density at radius 3 is 2.52 bits per heavy atom. The fourth-order valence-corrected chi connectivity index (χ4v) is 3.08. The lowest BCUT2D eigenvalue weighted by molar-refractivity contribution is -0.121. The van der Waals surface area contributed by atoms with E-state index in [-0.39, 0.29) is 30.7 Å². The van der Waals surface area contributed by atoms with Gasteiger partial charge in [0.1, 0.15) is 5.82 Å². The summed E-state index contributed by atoms with van der Waals surface area (Å²) in [4.78, 5) is 16.7. The number of para-hydroxylation sites is 3. The number of fused-ring (bicyclic) bond motifs is 1. The quantitative estimate of drug-likeness (QED) is 0.584. The number of hydrogen-bond donors (Lipinski definition) is 2. The first-order chi connectivity index (χ1) is 12.2. The summed E-state index contributed by atoms with van der Waals surface area (Å²) >= 11 is 0. The van der Waals surface area contributed by atoms with Crippen molar-refractivity contribution < 1.29 is 4.79 Å². The highest BCUT2D eigenvalue weighted by Gasteiger charge is 2.09. The van der Waals surface area contributed by atoms with Crippen molar-refractivity contribution in [3.05, 3.63) is 59.9 Å². The number of hydrogen-bond acceptors (Lipinski definition) is 3. The maximum absolute atomic E-state index is 12.1. The molecule has 0 aliphatic heterocycles. The van der Waals surface area contributed by atoms with Gasteiger partial charge in [-0.1, -0.05) is 30.3 Å². The fourth-order valence-electron chi connectivity index (χ4n) is 3.08. The van der Waals surface area contributed by atoms with E-state index in [1.165, 1.54) is 0 Å². The van der Waals surface area contributed by atoms with Gasteiger partial charge < -0.3 is 15.6 Å². The zero-order valence-electron chi connectivity index (χ0n) is 15.4. The number of rotatable bonds is 7.